The highest BCUT2D eigenvalue weighted by atomic mass is 32.1. The maximum absolute atomic E-state index is 10.3. The van der Waals surface area contributed by atoms with Gasteiger partial charge in [-0.25, -0.2) is 0 Å². The molecule has 3 aromatic heterocycles. The van der Waals surface area contributed by atoms with E-state index in [0.717, 1.165) is 16.2 Å². The molecule has 0 aromatic carbocycles. The zero-order valence-corrected chi connectivity index (χ0v) is 11.8. The predicted molar refractivity (Wildman–Crippen MR) is 77.5 cm³/mol. The third-order valence-corrected chi connectivity index (χ3v) is 6.16. The van der Waals surface area contributed by atoms with Crippen molar-refractivity contribution in [3.05, 3.63) is 44.3 Å². The fourth-order valence-electron chi connectivity index (χ4n) is 1.79. The number of thiophene rings is 3. The fourth-order valence-corrected chi connectivity index (χ4v) is 4.95. The Morgan fingerprint density at radius 1 is 1.12 bits per heavy atom. The van der Waals surface area contributed by atoms with Crippen LogP contribution in [0.5, 0.6) is 0 Å². The molecule has 1 N–H and O–H groups in total. The SMILES string of the molecule is CCc1ccc(C(O)c2cc3sccc3s2)s1. The van der Waals surface area contributed by atoms with Crippen molar-refractivity contribution in [2.45, 2.75) is 19.4 Å². The zero-order valence-electron chi connectivity index (χ0n) is 9.34. The minimum atomic E-state index is -0.454. The molecule has 0 radical (unpaired) electrons. The average Bonchev–Trinajstić information content (AvgIpc) is 3.02. The fraction of sp³-hybridized carbons (Fsp3) is 0.231. The second-order valence-corrected chi connectivity index (χ2v) is 7.12. The lowest BCUT2D eigenvalue weighted by Gasteiger charge is -2.04. The molecule has 3 rings (SSSR count). The summed E-state index contributed by atoms with van der Waals surface area (Å²) in [5.74, 6) is 0. The molecule has 0 aliphatic rings. The van der Waals surface area contributed by atoms with Crippen molar-refractivity contribution in [2.75, 3.05) is 0 Å². The maximum atomic E-state index is 10.3. The third kappa shape index (κ3) is 2.06. The van der Waals surface area contributed by atoms with Crippen LogP contribution in [0.1, 0.15) is 27.7 Å². The Morgan fingerprint density at radius 3 is 2.71 bits per heavy atom. The van der Waals surface area contributed by atoms with Gasteiger partial charge in [0.05, 0.1) is 0 Å². The van der Waals surface area contributed by atoms with E-state index in [1.165, 1.54) is 14.3 Å². The summed E-state index contributed by atoms with van der Waals surface area (Å²) in [7, 11) is 0. The van der Waals surface area contributed by atoms with Crippen molar-refractivity contribution in [3.8, 4) is 0 Å². The van der Waals surface area contributed by atoms with Gasteiger partial charge in [0.2, 0.25) is 0 Å². The van der Waals surface area contributed by atoms with Crippen molar-refractivity contribution in [3.63, 3.8) is 0 Å². The maximum Gasteiger partial charge on any atom is 0.122 e. The molecule has 1 atom stereocenters. The first kappa shape index (κ1) is 11.4. The topological polar surface area (TPSA) is 20.2 Å². The lowest BCUT2D eigenvalue weighted by atomic mass is 10.2. The summed E-state index contributed by atoms with van der Waals surface area (Å²) in [4.78, 5) is 3.43. The highest BCUT2D eigenvalue weighted by molar-refractivity contribution is 7.27. The van der Waals surface area contributed by atoms with Crippen LogP contribution in [-0.2, 0) is 6.42 Å². The van der Waals surface area contributed by atoms with Gasteiger partial charge in [0.1, 0.15) is 6.10 Å². The first-order valence-corrected chi connectivity index (χ1v) is 8.03. The summed E-state index contributed by atoms with van der Waals surface area (Å²) in [5.41, 5.74) is 0. The Morgan fingerprint density at radius 2 is 2.00 bits per heavy atom. The normalized spacial score (nSPS) is 13.3. The predicted octanol–water partition coefficient (Wildman–Crippen LogP) is 4.67. The molecular weight excluding hydrogens is 268 g/mol. The average molecular weight is 280 g/mol. The highest BCUT2D eigenvalue weighted by Crippen LogP contribution is 2.37. The summed E-state index contributed by atoms with van der Waals surface area (Å²) >= 11 is 5.13. The van der Waals surface area contributed by atoms with Crippen LogP contribution in [0.25, 0.3) is 9.40 Å². The summed E-state index contributed by atoms with van der Waals surface area (Å²) in [6.45, 7) is 2.14. The Balaban J connectivity index is 1.95. The second kappa shape index (κ2) is 4.53. The molecule has 0 amide bonds. The number of aryl methyl sites for hydroxylation is 1. The van der Waals surface area contributed by atoms with Crippen LogP contribution in [0.15, 0.2) is 29.6 Å². The number of fused-ring (bicyclic) bond motifs is 1. The van der Waals surface area contributed by atoms with Gasteiger partial charge in [0.15, 0.2) is 0 Å². The Labute approximate surface area is 112 Å². The molecule has 17 heavy (non-hydrogen) atoms. The van der Waals surface area contributed by atoms with E-state index in [2.05, 4.69) is 30.5 Å². The van der Waals surface area contributed by atoms with E-state index in [0.29, 0.717) is 0 Å². The van der Waals surface area contributed by atoms with Crippen LogP contribution in [0.3, 0.4) is 0 Å². The van der Waals surface area contributed by atoms with E-state index in [4.69, 9.17) is 0 Å². The van der Waals surface area contributed by atoms with Gasteiger partial charge in [0.25, 0.3) is 0 Å². The zero-order chi connectivity index (χ0) is 11.8. The second-order valence-electron chi connectivity index (χ2n) is 3.86. The van der Waals surface area contributed by atoms with E-state index in [1.54, 1.807) is 34.0 Å². The molecule has 3 heterocycles. The molecule has 3 aromatic rings. The Kier molecular flexibility index (Phi) is 3.04. The molecule has 4 heteroatoms. The van der Waals surface area contributed by atoms with Crippen LogP contribution in [0.4, 0.5) is 0 Å². The highest BCUT2D eigenvalue weighted by Gasteiger charge is 2.16. The van der Waals surface area contributed by atoms with Crippen LogP contribution in [0, 0.1) is 0 Å². The van der Waals surface area contributed by atoms with E-state index in [9.17, 15) is 5.11 Å². The first-order chi connectivity index (χ1) is 8.28. The smallest absolute Gasteiger partial charge is 0.122 e. The number of hydrogen-bond acceptors (Lipinski definition) is 4. The molecular formula is C13H12OS3. The van der Waals surface area contributed by atoms with Crippen molar-refractivity contribution < 1.29 is 5.11 Å². The summed E-state index contributed by atoms with van der Waals surface area (Å²) < 4.78 is 2.55. The summed E-state index contributed by atoms with van der Waals surface area (Å²) in [6.07, 6.45) is 0.585. The molecule has 0 saturated heterocycles. The standard InChI is InChI=1S/C13H12OS3/c1-2-8-3-4-10(16-8)13(14)12-7-11-9(17-12)5-6-15-11/h3-7,13-14H,2H2,1H3. The van der Waals surface area contributed by atoms with Gasteiger partial charge in [-0.15, -0.1) is 34.0 Å². The lowest BCUT2D eigenvalue weighted by Crippen LogP contribution is -1.92. The van der Waals surface area contributed by atoms with E-state index >= 15 is 0 Å². The largest absolute Gasteiger partial charge is 0.382 e. The monoisotopic (exact) mass is 280 g/mol. The van der Waals surface area contributed by atoms with Crippen LogP contribution in [-0.4, -0.2) is 5.11 Å². The number of aliphatic hydroxyl groups is 1. The molecule has 88 valence electrons. The quantitative estimate of drug-likeness (QED) is 0.739. The number of aliphatic hydroxyl groups excluding tert-OH is 1. The third-order valence-electron chi connectivity index (χ3n) is 2.73. The van der Waals surface area contributed by atoms with Crippen molar-refractivity contribution in [2.24, 2.45) is 0 Å². The molecule has 0 spiro atoms. The van der Waals surface area contributed by atoms with Gasteiger partial charge in [-0.05, 0) is 36.1 Å². The van der Waals surface area contributed by atoms with Gasteiger partial charge >= 0.3 is 0 Å². The van der Waals surface area contributed by atoms with E-state index < -0.39 is 6.10 Å². The van der Waals surface area contributed by atoms with Crippen LogP contribution < -0.4 is 0 Å². The minimum absolute atomic E-state index is 0.454. The Bertz CT molecular complexity index is 603. The van der Waals surface area contributed by atoms with Crippen LogP contribution in [0.2, 0.25) is 0 Å². The molecule has 0 aliphatic carbocycles. The molecule has 1 unspecified atom stereocenters. The van der Waals surface area contributed by atoms with E-state index in [-0.39, 0.29) is 0 Å². The van der Waals surface area contributed by atoms with Gasteiger partial charge in [-0.1, -0.05) is 6.92 Å². The van der Waals surface area contributed by atoms with Crippen molar-refractivity contribution in [1.29, 1.82) is 0 Å². The number of hydrogen-bond donors (Lipinski definition) is 1. The Hall–Kier alpha value is -0.680. The molecule has 0 aliphatic heterocycles. The molecule has 1 nitrogen and oxygen atoms in total. The van der Waals surface area contributed by atoms with Crippen LogP contribution >= 0.6 is 34.0 Å². The van der Waals surface area contributed by atoms with Crippen molar-refractivity contribution >= 4 is 43.4 Å². The van der Waals surface area contributed by atoms with E-state index in [1.807, 2.05) is 6.07 Å². The lowest BCUT2D eigenvalue weighted by molar-refractivity contribution is 0.228. The van der Waals surface area contributed by atoms with Gasteiger partial charge in [-0.2, -0.15) is 0 Å². The van der Waals surface area contributed by atoms with Crippen molar-refractivity contribution in [1.82, 2.24) is 0 Å². The summed E-state index contributed by atoms with van der Waals surface area (Å²) in [5, 5.41) is 12.4. The van der Waals surface area contributed by atoms with Gasteiger partial charge in [0, 0.05) is 24.0 Å². The minimum Gasteiger partial charge on any atom is -0.382 e. The molecule has 0 saturated carbocycles. The molecule has 0 fully saturated rings. The van der Waals surface area contributed by atoms with Gasteiger partial charge in [-0.3, -0.25) is 0 Å². The first-order valence-electron chi connectivity index (χ1n) is 5.51. The number of rotatable bonds is 3. The summed E-state index contributed by atoms with van der Waals surface area (Å²) in [6, 6.07) is 8.38. The molecule has 0 bridgehead atoms. The van der Waals surface area contributed by atoms with Gasteiger partial charge < -0.3 is 5.11 Å².